The van der Waals surface area contributed by atoms with E-state index in [0.717, 1.165) is 12.8 Å². The van der Waals surface area contributed by atoms with Crippen molar-refractivity contribution in [1.82, 2.24) is 10.2 Å². The highest BCUT2D eigenvalue weighted by molar-refractivity contribution is 6.02. The molecule has 2 fully saturated rings. The number of nitrogens with zero attached hydrogens (tertiary/aromatic N) is 1. The molecule has 3 rings (SSSR count). The molecular weight excluding hydrogens is 341 g/mol. The largest absolute Gasteiger partial charge is 0.481 e. The third-order valence-corrected chi connectivity index (χ3v) is 5.61. The number of urea groups is 1. The quantitative estimate of drug-likeness (QED) is 0.760. The molecule has 0 bridgehead atoms. The van der Waals surface area contributed by atoms with Crippen molar-refractivity contribution in [3.8, 4) is 0 Å². The smallest absolute Gasteiger partial charge is 0.326 e. The minimum Gasteiger partial charge on any atom is -0.481 e. The van der Waals surface area contributed by atoms with E-state index in [2.05, 4.69) is 10.6 Å². The topological polar surface area (TPSA) is 98.7 Å². The zero-order valence-corrected chi connectivity index (χ0v) is 14.5. The first-order valence-corrected chi connectivity index (χ1v) is 8.67. The SMILES string of the molecule is CC(C(=O)NC(=O)Nc1ccccc1F)N1C[C@@H]2CCC[C@@]2(C(=O)O)C1. The van der Waals surface area contributed by atoms with Crippen LogP contribution in [0.5, 0.6) is 0 Å². The molecule has 3 amide bonds. The molecule has 7 nitrogen and oxygen atoms in total. The van der Waals surface area contributed by atoms with Crippen molar-refractivity contribution in [3.05, 3.63) is 30.1 Å². The van der Waals surface area contributed by atoms with Gasteiger partial charge in [0.1, 0.15) is 5.82 Å². The van der Waals surface area contributed by atoms with Crippen LogP contribution in [0.1, 0.15) is 26.2 Å². The van der Waals surface area contributed by atoms with Crippen LogP contribution in [0.4, 0.5) is 14.9 Å². The van der Waals surface area contributed by atoms with E-state index in [-0.39, 0.29) is 11.6 Å². The molecule has 0 aromatic heterocycles. The molecule has 1 aliphatic heterocycles. The van der Waals surface area contributed by atoms with Gasteiger partial charge >= 0.3 is 12.0 Å². The lowest BCUT2D eigenvalue weighted by Crippen LogP contribution is -2.48. The Morgan fingerprint density at radius 1 is 1.35 bits per heavy atom. The van der Waals surface area contributed by atoms with Crippen LogP contribution in [0.25, 0.3) is 0 Å². The summed E-state index contributed by atoms with van der Waals surface area (Å²) in [6.45, 7) is 2.47. The van der Waals surface area contributed by atoms with E-state index in [0.29, 0.717) is 19.5 Å². The Labute approximate surface area is 150 Å². The summed E-state index contributed by atoms with van der Waals surface area (Å²) in [5.41, 5.74) is -0.810. The molecule has 0 spiro atoms. The van der Waals surface area contributed by atoms with Gasteiger partial charge in [0.2, 0.25) is 5.91 Å². The highest BCUT2D eigenvalue weighted by Gasteiger charge is 2.55. The average molecular weight is 363 g/mol. The summed E-state index contributed by atoms with van der Waals surface area (Å²) >= 11 is 0. The van der Waals surface area contributed by atoms with Gasteiger partial charge in [-0.15, -0.1) is 0 Å². The predicted octanol–water partition coefficient (Wildman–Crippen LogP) is 2.05. The molecule has 26 heavy (non-hydrogen) atoms. The monoisotopic (exact) mass is 363 g/mol. The molecular formula is C18H22FN3O4. The molecule has 3 atom stereocenters. The Morgan fingerprint density at radius 3 is 2.73 bits per heavy atom. The lowest BCUT2D eigenvalue weighted by Gasteiger charge is -2.26. The lowest BCUT2D eigenvalue weighted by molar-refractivity contribution is -0.149. The third kappa shape index (κ3) is 3.29. The van der Waals surface area contributed by atoms with Crippen molar-refractivity contribution >= 4 is 23.6 Å². The second kappa shape index (κ2) is 7.03. The first-order chi connectivity index (χ1) is 12.3. The first kappa shape index (κ1) is 18.3. The second-order valence-corrected chi connectivity index (χ2v) is 7.08. The van der Waals surface area contributed by atoms with Gasteiger partial charge in [-0.2, -0.15) is 0 Å². The van der Waals surface area contributed by atoms with Crippen LogP contribution in [0.3, 0.4) is 0 Å². The number of aliphatic carboxylic acids is 1. The molecule has 1 aromatic rings. The van der Waals surface area contributed by atoms with Gasteiger partial charge in [-0.25, -0.2) is 9.18 Å². The van der Waals surface area contributed by atoms with Crippen molar-refractivity contribution in [1.29, 1.82) is 0 Å². The van der Waals surface area contributed by atoms with Crippen molar-refractivity contribution in [2.45, 2.75) is 32.2 Å². The van der Waals surface area contributed by atoms with E-state index in [1.807, 2.05) is 4.90 Å². The standard InChI is InChI=1S/C18H22FN3O4/c1-11(22-9-12-5-4-8-18(12,10-22)16(24)25)15(23)21-17(26)20-14-7-3-2-6-13(14)19/h2-3,6-7,11-12H,4-5,8-10H2,1H3,(H,24,25)(H2,20,21,23,26)/t11?,12-,18+/m0/s1. The number of anilines is 1. The molecule has 1 unspecified atom stereocenters. The molecule has 3 N–H and O–H groups in total. The minimum absolute atomic E-state index is 0.0222. The van der Waals surface area contributed by atoms with E-state index < -0.39 is 35.2 Å². The number of nitrogens with one attached hydrogen (secondary N) is 2. The van der Waals surface area contributed by atoms with Crippen LogP contribution >= 0.6 is 0 Å². The molecule has 8 heteroatoms. The summed E-state index contributed by atoms with van der Waals surface area (Å²) in [7, 11) is 0. The zero-order valence-electron chi connectivity index (χ0n) is 14.5. The predicted molar refractivity (Wildman–Crippen MR) is 92.0 cm³/mol. The average Bonchev–Trinajstić information content (AvgIpc) is 3.14. The van der Waals surface area contributed by atoms with Crippen LogP contribution in [-0.4, -0.2) is 47.0 Å². The molecule has 1 heterocycles. The van der Waals surface area contributed by atoms with E-state index in [1.165, 1.54) is 18.2 Å². The molecule has 1 saturated carbocycles. The lowest BCUT2D eigenvalue weighted by atomic mass is 9.81. The van der Waals surface area contributed by atoms with Crippen molar-refractivity contribution in [2.24, 2.45) is 11.3 Å². The number of fused-ring (bicyclic) bond motifs is 1. The Morgan fingerprint density at radius 2 is 2.08 bits per heavy atom. The van der Waals surface area contributed by atoms with Gasteiger partial charge in [-0.05, 0) is 37.8 Å². The third-order valence-electron chi connectivity index (χ3n) is 5.61. The van der Waals surface area contributed by atoms with Gasteiger partial charge in [0, 0.05) is 13.1 Å². The maximum Gasteiger partial charge on any atom is 0.326 e. The van der Waals surface area contributed by atoms with Crippen LogP contribution in [0.15, 0.2) is 24.3 Å². The number of carbonyl (C=O) groups is 3. The number of carboxylic acids is 1. The van der Waals surface area contributed by atoms with Crippen LogP contribution in [0, 0.1) is 17.2 Å². The van der Waals surface area contributed by atoms with Crippen molar-refractivity contribution < 1.29 is 23.9 Å². The Kier molecular flexibility index (Phi) is 4.95. The Hall–Kier alpha value is -2.48. The molecule has 1 aromatic carbocycles. The maximum atomic E-state index is 13.5. The fourth-order valence-electron chi connectivity index (χ4n) is 4.07. The summed E-state index contributed by atoms with van der Waals surface area (Å²) < 4.78 is 13.5. The first-order valence-electron chi connectivity index (χ1n) is 8.67. The summed E-state index contributed by atoms with van der Waals surface area (Å²) in [5.74, 6) is -1.92. The van der Waals surface area contributed by atoms with E-state index in [4.69, 9.17) is 0 Å². The molecule has 1 saturated heterocycles. The fraction of sp³-hybridized carbons (Fsp3) is 0.500. The second-order valence-electron chi connectivity index (χ2n) is 7.08. The minimum atomic E-state index is -0.820. The summed E-state index contributed by atoms with van der Waals surface area (Å²) in [6, 6.07) is 4.18. The highest BCUT2D eigenvalue weighted by atomic mass is 19.1. The van der Waals surface area contributed by atoms with E-state index >= 15 is 0 Å². The van der Waals surface area contributed by atoms with Crippen LogP contribution < -0.4 is 10.6 Å². The number of amides is 3. The van der Waals surface area contributed by atoms with Gasteiger partial charge < -0.3 is 10.4 Å². The summed E-state index contributed by atoms with van der Waals surface area (Å²) in [5, 5.41) is 14.1. The van der Waals surface area contributed by atoms with Gasteiger partial charge in [-0.3, -0.25) is 19.8 Å². The number of benzene rings is 1. The number of para-hydroxylation sites is 1. The zero-order chi connectivity index (χ0) is 18.9. The number of carboxylic acid groups (broad SMARTS) is 1. The number of hydrogen-bond donors (Lipinski definition) is 3. The molecule has 0 radical (unpaired) electrons. The molecule has 140 valence electrons. The van der Waals surface area contributed by atoms with Crippen LogP contribution in [-0.2, 0) is 9.59 Å². The van der Waals surface area contributed by atoms with Gasteiger partial charge in [0.25, 0.3) is 0 Å². The number of hydrogen-bond acceptors (Lipinski definition) is 4. The number of halogens is 1. The highest BCUT2D eigenvalue weighted by Crippen LogP contribution is 2.49. The van der Waals surface area contributed by atoms with Gasteiger partial charge in [0.15, 0.2) is 0 Å². The molecule has 2 aliphatic rings. The number of carbonyl (C=O) groups excluding carboxylic acids is 2. The Balaban J connectivity index is 1.59. The maximum absolute atomic E-state index is 13.5. The van der Waals surface area contributed by atoms with Crippen LogP contribution in [0.2, 0.25) is 0 Å². The summed E-state index contributed by atoms with van der Waals surface area (Å²) in [4.78, 5) is 37.8. The fourth-order valence-corrected chi connectivity index (χ4v) is 4.07. The van der Waals surface area contributed by atoms with Crippen molar-refractivity contribution in [2.75, 3.05) is 18.4 Å². The van der Waals surface area contributed by atoms with Gasteiger partial charge in [0.05, 0.1) is 17.1 Å². The number of likely N-dealkylation sites (tertiary alicyclic amines) is 1. The number of imide groups is 1. The Bertz CT molecular complexity index is 741. The summed E-state index contributed by atoms with van der Waals surface area (Å²) in [6.07, 6.45) is 2.34. The van der Waals surface area contributed by atoms with Gasteiger partial charge in [-0.1, -0.05) is 18.6 Å². The van der Waals surface area contributed by atoms with E-state index in [9.17, 15) is 23.9 Å². The van der Waals surface area contributed by atoms with Crippen molar-refractivity contribution in [3.63, 3.8) is 0 Å². The normalized spacial score (nSPS) is 26.2. The molecule has 1 aliphatic carbocycles. The van der Waals surface area contributed by atoms with E-state index in [1.54, 1.807) is 13.0 Å². The number of rotatable bonds is 4.